The number of hydrogen-bond donors (Lipinski definition) is 1. The van der Waals surface area contributed by atoms with Gasteiger partial charge in [0.2, 0.25) is 0 Å². The highest BCUT2D eigenvalue weighted by Crippen LogP contribution is 2.37. The second-order valence-electron chi connectivity index (χ2n) is 7.79. The molecule has 1 aromatic heterocycles. The summed E-state index contributed by atoms with van der Waals surface area (Å²) in [5.74, 6) is 0. The van der Waals surface area contributed by atoms with Crippen LogP contribution in [0.25, 0.3) is 21.0 Å². The van der Waals surface area contributed by atoms with Gasteiger partial charge in [0, 0.05) is 40.0 Å². The van der Waals surface area contributed by atoms with Crippen LogP contribution in [0.3, 0.4) is 0 Å². The van der Waals surface area contributed by atoms with Gasteiger partial charge in [0.1, 0.15) is 5.01 Å². The lowest BCUT2D eigenvalue weighted by Crippen LogP contribution is -1.93. The molecule has 148 valence electrons. The second-order valence-corrected chi connectivity index (χ2v) is 9.67. The molecule has 7 heteroatoms. The molecule has 0 spiro atoms. The van der Waals surface area contributed by atoms with Gasteiger partial charge in [-0.25, -0.2) is 4.98 Å². The molecule has 0 aliphatic rings. The number of nitrogens with two attached hydrogens (primary N) is 1. The summed E-state index contributed by atoms with van der Waals surface area (Å²) in [6.07, 6.45) is 3.84. The third-order valence-electron chi connectivity index (χ3n) is 3.32. The molecular formula is C21H25N3O2S2. The van der Waals surface area contributed by atoms with Crippen molar-refractivity contribution in [2.45, 2.75) is 32.6 Å². The standard InChI is InChI=1S/C16H13N3O2S2.C5H12/c1-22-14-8-11(17)4-7-13(14)15-9-18-16(23-15)10-2-5-12(6-3-10)19(20)21;1-5(2,3)4/h2-9H,17H2,1H3;1-4H3. The lowest BCUT2D eigenvalue weighted by Gasteiger charge is -2.05. The largest absolute Gasteiger partial charge is 0.399 e. The van der Waals surface area contributed by atoms with E-state index in [0.717, 1.165) is 31.6 Å². The highest BCUT2D eigenvalue weighted by atomic mass is 32.2. The summed E-state index contributed by atoms with van der Waals surface area (Å²) in [4.78, 5) is 16.9. The molecular weight excluding hydrogens is 390 g/mol. The molecule has 5 nitrogen and oxygen atoms in total. The maximum Gasteiger partial charge on any atom is 0.269 e. The van der Waals surface area contributed by atoms with Crippen LogP contribution >= 0.6 is 23.1 Å². The summed E-state index contributed by atoms with van der Waals surface area (Å²) < 4.78 is 0. The van der Waals surface area contributed by atoms with E-state index in [4.69, 9.17) is 5.73 Å². The summed E-state index contributed by atoms with van der Waals surface area (Å²) in [6.45, 7) is 8.75. The Hall–Kier alpha value is -2.38. The fourth-order valence-electron chi connectivity index (χ4n) is 2.17. The van der Waals surface area contributed by atoms with Crippen molar-refractivity contribution in [3.63, 3.8) is 0 Å². The zero-order valence-corrected chi connectivity index (χ0v) is 18.4. The Morgan fingerprint density at radius 3 is 2.25 bits per heavy atom. The second kappa shape index (κ2) is 9.21. The first kappa shape index (κ1) is 21.9. The molecule has 0 aliphatic carbocycles. The lowest BCUT2D eigenvalue weighted by atomic mass is 10.0. The molecule has 1 heterocycles. The molecule has 0 saturated heterocycles. The van der Waals surface area contributed by atoms with Gasteiger partial charge in [-0.3, -0.25) is 10.1 Å². The number of rotatable bonds is 4. The number of non-ortho nitro benzene ring substituents is 1. The third-order valence-corrected chi connectivity index (χ3v) is 5.18. The zero-order chi connectivity index (χ0) is 20.9. The van der Waals surface area contributed by atoms with Gasteiger partial charge in [0.15, 0.2) is 0 Å². The minimum atomic E-state index is -0.407. The number of nitrogen functional groups attached to an aromatic ring is 1. The van der Waals surface area contributed by atoms with Crippen LogP contribution < -0.4 is 5.73 Å². The van der Waals surface area contributed by atoms with E-state index < -0.39 is 4.92 Å². The molecule has 0 bridgehead atoms. The number of nitro groups is 1. The molecule has 0 radical (unpaired) electrons. The van der Waals surface area contributed by atoms with Crippen LogP contribution in [-0.4, -0.2) is 16.2 Å². The predicted octanol–water partition coefficient (Wildman–Crippen LogP) is 6.74. The van der Waals surface area contributed by atoms with Crippen LogP contribution in [0.1, 0.15) is 27.7 Å². The van der Waals surface area contributed by atoms with Crippen LogP contribution in [0.5, 0.6) is 0 Å². The maximum absolute atomic E-state index is 10.7. The van der Waals surface area contributed by atoms with Gasteiger partial charge in [-0.05, 0) is 35.9 Å². The van der Waals surface area contributed by atoms with E-state index >= 15 is 0 Å². The van der Waals surface area contributed by atoms with E-state index in [2.05, 4.69) is 32.7 Å². The molecule has 3 aromatic rings. The molecule has 28 heavy (non-hydrogen) atoms. The summed E-state index contributed by atoms with van der Waals surface area (Å²) in [5, 5.41) is 11.5. The average molecular weight is 416 g/mol. The number of nitro benzene ring substituents is 1. The van der Waals surface area contributed by atoms with Gasteiger partial charge in [-0.1, -0.05) is 33.8 Å². The van der Waals surface area contributed by atoms with Crippen molar-refractivity contribution >= 4 is 34.5 Å². The Bertz CT molecular complexity index is 939. The lowest BCUT2D eigenvalue weighted by molar-refractivity contribution is -0.384. The van der Waals surface area contributed by atoms with Crippen molar-refractivity contribution in [1.82, 2.24) is 4.98 Å². The Balaban J connectivity index is 0.000000500. The van der Waals surface area contributed by atoms with Crippen molar-refractivity contribution < 1.29 is 4.92 Å². The zero-order valence-electron chi connectivity index (χ0n) is 16.7. The monoisotopic (exact) mass is 415 g/mol. The minimum absolute atomic E-state index is 0.0775. The van der Waals surface area contributed by atoms with Crippen molar-refractivity contribution in [3.05, 3.63) is 58.8 Å². The fraction of sp³-hybridized carbons (Fsp3) is 0.286. The third kappa shape index (κ3) is 6.35. The van der Waals surface area contributed by atoms with Crippen LogP contribution in [0.2, 0.25) is 0 Å². The Labute approximate surface area is 174 Å². The van der Waals surface area contributed by atoms with Gasteiger partial charge in [0.05, 0.1) is 9.80 Å². The molecule has 2 N–H and O–H groups in total. The molecule has 0 atom stereocenters. The number of hydrogen-bond acceptors (Lipinski definition) is 6. The molecule has 0 unspecified atom stereocenters. The number of nitrogens with zero attached hydrogens (tertiary/aromatic N) is 2. The minimum Gasteiger partial charge on any atom is -0.399 e. The van der Waals surface area contributed by atoms with Crippen LogP contribution in [-0.2, 0) is 0 Å². The van der Waals surface area contributed by atoms with Crippen molar-refractivity contribution in [3.8, 4) is 21.0 Å². The molecule has 2 aromatic carbocycles. The Morgan fingerprint density at radius 2 is 1.71 bits per heavy atom. The van der Waals surface area contributed by atoms with Gasteiger partial charge in [-0.15, -0.1) is 23.1 Å². The summed E-state index contributed by atoms with van der Waals surface area (Å²) in [7, 11) is 0. The van der Waals surface area contributed by atoms with E-state index in [1.54, 1.807) is 35.2 Å². The number of benzene rings is 2. The Kier molecular flexibility index (Phi) is 7.21. The molecule has 0 aliphatic heterocycles. The van der Waals surface area contributed by atoms with E-state index in [1.807, 2.05) is 30.7 Å². The average Bonchev–Trinajstić information content (AvgIpc) is 3.10. The van der Waals surface area contributed by atoms with Gasteiger partial charge in [0.25, 0.3) is 5.69 Å². The molecule has 0 saturated carbocycles. The molecule has 0 amide bonds. The molecule has 3 rings (SSSR count). The van der Waals surface area contributed by atoms with E-state index in [9.17, 15) is 10.1 Å². The predicted molar refractivity (Wildman–Crippen MR) is 121 cm³/mol. The van der Waals surface area contributed by atoms with Gasteiger partial charge in [-0.2, -0.15) is 0 Å². The van der Waals surface area contributed by atoms with Crippen LogP contribution in [0, 0.1) is 15.5 Å². The van der Waals surface area contributed by atoms with Gasteiger partial charge < -0.3 is 5.73 Å². The fourth-order valence-corrected chi connectivity index (χ4v) is 3.85. The first-order valence-electron chi connectivity index (χ1n) is 8.73. The van der Waals surface area contributed by atoms with E-state index in [0.29, 0.717) is 5.41 Å². The highest BCUT2D eigenvalue weighted by molar-refractivity contribution is 7.98. The molecule has 0 fully saturated rings. The smallest absolute Gasteiger partial charge is 0.269 e. The number of aromatic nitrogens is 1. The first-order valence-corrected chi connectivity index (χ1v) is 10.8. The topological polar surface area (TPSA) is 82.0 Å². The van der Waals surface area contributed by atoms with Crippen molar-refractivity contribution in [2.75, 3.05) is 12.0 Å². The summed E-state index contributed by atoms with van der Waals surface area (Å²) in [6, 6.07) is 12.2. The van der Waals surface area contributed by atoms with Crippen LogP contribution in [0.4, 0.5) is 11.4 Å². The highest BCUT2D eigenvalue weighted by Gasteiger charge is 2.12. The summed E-state index contributed by atoms with van der Waals surface area (Å²) >= 11 is 3.19. The SMILES string of the molecule is CC(C)(C)C.CSc1cc(N)ccc1-c1cnc(-c2ccc([N+](=O)[O-])cc2)s1. The summed E-state index contributed by atoms with van der Waals surface area (Å²) in [5.41, 5.74) is 9.11. The number of thioether (sulfide) groups is 1. The van der Waals surface area contributed by atoms with E-state index in [-0.39, 0.29) is 5.69 Å². The van der Waals surface area contributed by atoms with E-state index in [1.165, 1.54) is 12.1 Å². The maximum atomic E-state index is 10.7. The first-order chi connectivity index (χ1) is 13.1. The number of thiazole rings is 1. The number of anilines is 1. The van der Waals surface area contributed by atoms with Gasteiger partial charge >= 0.3 is 0 Å². The van der Waals surface area contributed by atoms with Crippen LogP contribution in [0.15, 0.2) is 53.6 Å². The quantitative estimate of drug-likeness (QED) is 0.221. The normalized spacial score (nSPS) is 10.9. The van der Waals surface area contributed by atoms with Crippen molar-refractivity contribution in [2.24, 2.45) is 5.41 Å². The van der Waals surface area contributed by atoms with Crippen molar-refractivity contribution in [1.29, 1.82) is 0 Å². The Morgan fingerprint density at radius 1 is 1.11 bits per heavy atom.